The van der Waals surface area contributed by atoms with Gasteiger partial charge in [-0.1, -0.05) is 202 Å². The van der Waals surface area contributed by atoms with Gasteiger partial charge >= 0.3 is 19.8 Å². The van der Waals surface area contributed by atoms with Gasteiger partial charge in [0.2, 0.25) is 0 Å². The number of hydrogen-bond donors (Lipinski definition) is 2. The molecule has 61 heavy (non-hydrogen) atoms. The molecule has 0 radical (unpaired) electrons. The summed E-state index contributed by atoms with van der Waals surface area (Å²) in [5, 5.41) is 0. The Hall–Kier alpha value is -2.55. The normalized spacial score (nSPS) is 13.8. The van der Waals surface area contributed by atoms with Crippen molar-refractivity contribution in [3.05, 3.63) is 72.9 Å². The number of carbonyl (C=O) groups is 2. The molecule has 0 spiro atoms. The van der Waals surface area contributed by atoms with E-state index in [1.807, 2.05) is 0 Å². The number of unbranched alkanes of at least 4 members (excludes halogenated alkanes) is 20. The van der Waals surface area contributed by atoms with E-state index in [2.05, 4.69) is 86.8 Å². The molecule has 0 saturated carbocycles. The molecule has 0 aliphatic carbocycles. The van der Waals surface area contributed by atoms with Crippen LogP contribution in [0.2, 0.25) is 0 Å². The van der Waals surface area contributed by atoms with Gasteiger partial charge in [0.15, 0.2) is 6.10 Å². The maximum Gasteiger partial charge on any atom is 0.472 e. The molecule has 0 rings (SSSR count). The second-order valence-corrected chi connectivity index (χ2v) is 17.4. The Morgan fingerprint density at radius 1 is 0.508 bits per heavy atom. The smallest absolute Gasteiger partial charge is 0.462 e. The maximum absolute atomic E-state index is 12.5. The highest BCUT2D eigenvalue weighted by Crippen LogP contribution is 2.43. The van der Waals surface area contributed by atoms with Crippen LogP contribution in [0.25, 0.3) is 0 Å². The van der Waals surface area contributed by atoms with E-state index < -0.39 is 32.5 Å². The van der Waals surface area contributed by atoms with E-state index in [9.17, 15) is 19.0 Å². The quantitative estimate of drug-likeness (QED) is 0.0265. The minimum Gasteiger partial charge on any atom is -0.462 e. The molecular weight excluding hydrogens is 786 g/mol. The predicted molar refractivity (Wildman–Crippen MR) is 256 cm³/mol. The van der Waals surface area contributed by atoms with Gasteiger partial charge in [0.25, 0.3) is 0 Å². The lowest BCUT2D eigenvalue weighted by Crippen LogP contribution is -2.29. The molecule has 0 aromatic carbocycles. The molecule has 0 aromatic heterocycles. The Balaban J connectivity index is 3.77. The number of carbonyl (C=O) groups excluding carboxylic acids is 2. The summed E-state index contributed by atoms with van der Waals surface area (Å²) >= 11 is 0. The average Bonchev–Trinajstić information content (AvgIpc) is 3.25. The minimum atomic E-state index is -4.37. The van der Waals surface area contributed by atoms with E-state index in [-0.39, 0.29) is 32.6 Å². The summed E-state index contributed by atoms with van der Waals surface area (Å²) in [5.74, 6) is -0.842. The molecule has 0 aliphatic heterocycles. The topological polar surface area (TPSA) is 134 Å². The first kappa shape index (κ1) is 58.5. The highest BCUT2D eigenvalue weighted by Gasteiger charge is 2.26. The second kappa shape index (κ2) is 46.9. The highest BCUT2D eigenvalue weighted by molar-refractivity contribution is 7.47. The van der Waals surface area contributed by atoms with E-state index in [1.54, 1.807) is 0 Å². The van der Waals surface area contributed by atoms with Crippen molar-refractivity contribution >= 4 is 19.8 Å². The van der Waals surface area contributed by atoms with Gasteiger partial charge < -0.3 is 20.1 Å². The Morgan fingerprint density at radius 2 is 0.902 bits per heavy atom. The van der Waals surface area contributed by atoms with Crippen LogP contribution in [-0.4, -0.2) is 49.3 Å². The Morgan fingerprint density at radius 3 is 1.34 bits per heavy atom. The lowest BCUT2D eigenvalue weighted by Gasteiger charge is -2.19. The van der Waals surface area contributed by atoms with Crippen molar-refractivity contribution in [2.75, 3.05) is 26.4 Å². The summed E-state index contributed by atoms with van der Waals surface area (Å²) in [4.78, 5) is 34.6. The average molecular weight is 876 g/mol. The van der Waals surface area contributed by atoms with Crippen molar-refractivity contribution in [2.24, 2.45) is 5.73 Å². The second-order valence-electron chi connectivity index (χ2n) is 16.0. The number of ether oxygens (including phenoxy) is 2. The van der Waals surface area contributed by atoms with Gasteiger partial charge in [-0.25, -0.2) is 4.57 Å². The summed E-state index contributed by atoms with van der Waals surface area (Å²) in [6, 6.07) is 0. The number of allylic oxidation sites excluding steroid dienone is 12. The van der Waals surface area contributed by atoms with Gasteiger partial charge in [0.05, 0.1) is 13.2 Å². The number of phosphoric acid groups is 1. The monoisotopic (exact) mass is 876 g/mol. The molecule has 2 unspecified atom stereocenters. The maximum atomic E-state index is 12.5. The largest absolute Gasteiger partial charge is 0.472 e. The summed E-state index contributed by atoms with van der Waals surface area (Å²) in [6.45, 7) is 3.52. The number of phosphoric ester groups is 1. The highest BCUT2D eigenvalue weighted by atomic mass is 31.2. The van der Waals surface area contributed by atoms with Gasteiger partial charge in [-0.05, 0) is 64.2 Å². The Labute approximate surface area is 373 Å². The first-order valence-electron chi connectivity index (χ1n) is 24.4. The van der Waals surface area contributed by atoms with Gasteiger partial charge in [-0.2, -0.15) is 0 Å². The fraction of sp³-hybridized carbons (Fsp3) is 0.725. The lowest BCUT2D eigenvalue weighted by atomic mass is 10.0. The minimum absolute atomic E-state index is 0.0526. The van der Waals surface area contributed by atoms with Gasteiger partial charge in [-0.3, -0.25) is 18.6 Å². The fourth-order valence-corrected chi connectivity index (χ4v) is 7.29. The van der Waals surface area contributed by atoms with Crippen molar-refractivity contribution in [3.8, 4) is 0 Å². The van der Waals surface area contributed by atoms with Gasteiger partial charge in [0, 0.05) is 19.4 Å². The van der Waals surface area contributed by atoms with Crippen molar-refractivity contribution in [1.29, 1.82) is 0 Å². The SMILES string of the molecule is CC/C=C\C/C=C\C/C=C\C/C=C\C/C=C\C/C=C\CCCCCCCCCCCCCCCCCCC(=O)OC(COC(=O)CCCCCCC)COP(=O)(O)OCCN. The van der Waals surface area contributed by atoms with E-state index in [0.29, 0.717) is 6.42 Å². The number of nitrogens with two attached hydrogens (primary N) is 1. The van der Waals surface area contributed by atoms with E-state index in [1.165, 1.54) is 83.5 Å². The molecular formula is C51H90NO8P. The van der Waals surface area contributed by atoms with Crippen LogP contribution >= 0.6 is 7.82 Å². The fourth-order valence-electron chi connectivity index (χ4n) is 6.52. The number of rotatable bonds is 45. The van der Waals surface area contributed by atoms with Crippen LogP contribution in [0.5, 0.6) is 0 Å². The molecule has 0 saturated heterocycles. The molecule has 0 aromatic rings. The zero-order chi connectivity index (χ0) is 44.6. The van der Waals surface area contributed by atoms with Crippen molar-refractivity contribution in [1.82, 2.24) is 0 Å². The summed E-state index contributed by atoms with van der Waals surface area (Å²) in [6.07, 6.45) is 58.7. The molecule has 3 N–H and O–H groups in total. The predicted octanol–water partition coefficient (Wildman–Crippen LogP) is 14.6. The molecule has 0 bridgehead atoms. The standard InChI is InChI=1S/C51H90NO8P/c1-3-5-7-9-10-11-12-13-14-15-16-17-18-19-20-21-22-23-24-25-26-27-28-29-30-31-32-33-34-35-36-37-38-40-42-44-51(54)60-49(48-59-61(55,56)58-46-45-52)47-57-50(53)43-41-39-8-6-4-2/h5,7,10-11,13-14,16-17,19-20,22-23,49H,3-4,6,8-9,12,15,18,21,24-48,52H2,1-2H3,(H,55,56)/b7-5-,11-10-,14-13-,17-16-,20-19-,23-22-. The van der Waals surface area contributed by atoms with Gasteiger partial charge in [0.1, 0.15) is 6.61 Å². The molecule has 0 aliphatic rings. The first-order chi connectivity index (χ1) is 29.8. The van der Waals surface area contributed by atoms with E-state index >= 15 is 0 Å². The van der Waals surface area contributed by atoms with Crippen molar-refractivity contribution < 1.29 is 37.6 Å². The molecule has 0 amide bonds. The van der Waals surface area contributed by atoms with Crippen LogP contribution in [0.3, 0.4) is 0 Å². The van der Waals surface area contributed by atoms with Crippen LogP contribution in [0, 0.1) is 0 Å². The third kappa shape index (κ3) is 46.8. The number of hydrogen-bond acceptors (Lipinski definition) is 8. The molecule has 0 fully saturated rings. The first-order valence-corrected chi connectivity index (χ1v) is 25.9. The Kier molecular flexibility index (Phi) is 45.0. The van der Waals surface area contributed by atoms with Crippen molar-refractivity contribution in [2.45, 2.75) is 213 Å². The third-order valence-corrected chi connectivity index (χ3v) is 11.1. The number of esters is 2. The van der Waals surface area contributed by atoms with Gasteiger partial charge in [-0.15, -0.1) is 0 Å². The Bertz CT molecular complexity index is 1230. The molecule has 10 heteroatoms. The van der Waals surface area contributed by atoms with Crippen LogP contribution in [0.4, 0.5) is 0 Å². The third-order valence-electron chi connectivity index (χ3n) is 10.1. The summed E-state index contributed by atoms with van der Waals surface area (Å²) < 4.78 is 32.6. The van der Waals surface area contributed by atoms with E-state index in [4.69, 9.17) is 24.3 Å². The molecule has 0 heterocycles. The van der Waals surface area contributed by atoms with Crippen LogP contribution < -0.4 is 5.73 Å². The van der Waals surface area contributed by atoms with Crippen LogP contribution in [0.15, 0.2) is 72.9 Å². The lowest BCUT2D eigenvalue weighted by molar-refractivity contribution is -0.161. The van der Waals surface area contributed by atoms with Crippen LogP contribution in [0.1, 0.15) is 206 Å². The summed E-state index contributed by atoms with van der Waals surface area (Å²) in [7, 11) is -4.37. The molecule has 9 nitrogen and oxygen atoms in total. The van der Waals surface area contributed by atoms with E-state index in [0.717, 1.165) is 89.9 Å². The van der Waals surface area contributed by atoms with Crippen molar-refractivity contribution in [3.63, 3.8) is 0 Å². The zero-order valence-electron chi connectivity index (χ0n) is 38.9. The summed E-state index contributed by atoms with van der Waals surface area (Å²) in [5.41, 5.74) is 5.33. The molecule has 2 atom stereocenters. The zero-order valence-corrected chi connectivity index (χ0v) is 39.8. The van der Waals surface area contributed by atoms with Crippen LogP contribution in [-0.2, 0) is 32.7 Å². The molecule has 352 valence electrons.